The van der Waals surface area contributed by atoms with Crippen molar-refractivity contribution in [3.05, 3.63) is 95.8 Å². The van der Waals surface area contributed by atoms with Crippen LogP contribution in [0.2, 0.25) is 0 Å². The number of aromatic nitrogens is 1. The molecule has 0 aliphatic heterocycles. The second kappa shape index (κ2) is 7.99. The summed E-state index contributed by atoms with van der Waals surface area (Å²) in [7, 11) is 0. The molecule has 2 nitrogen and oxygen atoms in total. The van der Waals surface area contributed by atoms with Crippen molar-refractivity contribution >= 4 is 0 Å². The van der Waals surface area contributed by atoms with Gasteiger partial charge in [0.15, 0.2) is 0 Å². The number of aromatic hydroxyl groups is 1. The molecule has 1 aromatic heterocycles. The number of benzene rings is 2. The van der Waals surface area contributed by atoms with E-state index in [1.165, 1.54) is 5.56 Å². The molecule has 0 fully saturated rings. The molecule has 0 aliphatic rings. The van der Waals surface area contributed by atoms with E-state index in [0.717, 1.165) is 11.3 Å². The highest BCUT2D eigenvalue weighted by Gasteiger charge is 2.17. The lowest BCUT2D eigenvalue weighted by Gasteiger charge is -2.17. The van der Waals surface area contributed by atoms with Crippen LogP contribution in [-0.4, -0.2) is 10.1 Å². The van der Waals surface area contributed by atoms with E-state index in [-0.39, 0.29) is 11.7 Å². The fraction of sp³-hybridized carbons (Fsp3) is 0.150. The van der Waals surface area contributed by atoms with Crippen molar-refractivity contribution in [2.24, 2.45) is 0 Å². The van der Waals surface area contributed by atoms with Gasteiger partial charge in [0.25, 0.3) is 0 Å². The van der Waals surface area contributed by atoms with E-state index in [4.69, 9.17) is 0 Å². The molecule has 0 saturated carbocycles. The van der Waals surface area contributed by atoms with E-state index in [2.05, 4.69) is 17.1 Å². The van der Waals surface area contributed by atoms with Gasteiger partial charge in [0.2, 0.25) is 0 Å². The minimum atomic E-state index is 0.0815. The van der Waals surface area contributed by atoms with Crippen molar-refractivity contribution in [1.82, 2.24) is 4.98 Å². The molecule has 0 radical (unpaired) electrons. The Bertz CT molecular complexity index is 624. The van der Waals surface area contributed by atoms with Gasteiger partial charge in [-0.15, -0.1) is 0 Å². The molecule has 2 aromatic carbocycles. The standard InChI is InChI=1S/C18H15NO.C2H6/c20-16-11-9-15(10-12-16)18(14-6-2-1-3-7-14)17-8-4-5-13-19-17;1-2/h1-13,18,20H;1-2H3. The van der Waals surface area contributed by atoms with Gasteiger partial charge in [-0.25, -0.2) is 0 Å². The zero-order chi connectivity index (χ0) is 15.8. The Balaban J connectivity index is 0.000000847. The molecule has 1 N–H and O–H groups in total. The third kappa shape index (κ3) is 3.73. The van der Waals surface area contributed by atoms with E-state index < -0.39 is 0 Å². The molecule has 0 spiro atoms. The van der Waals surface area contributed by atoms with E-state index in [1.807, 2.05) is 68.6 Å². The largest absolute Gasteiger partial charge is 0.508 e. The van der Waals surface area contributed by atoms with Gasteiger partial charge in [-0.3, -0.25) is 4.98 Å². The first-order chi connectivity index (χ1) is 10.8. The molecule has 2 heteroatoms. The summed E-state index contributed by atoms with van der Waals surface area (Å²) in [6, 6.07) is 23.6. The molecule has 0 amide bonds. The van der Waals surface area contributed by atoms with Crippen LogP contribution in [0.3, 0.4) is 0 Å². The maximum atomic E-state index is 9.46. The van der Waals surface area contributed by atoms with Crippen LogP contribution in [-0.2, 0) is 0 Å². The first kappa shape index (κ1) is 15.8. The van der Waals surface area contributed by atoms with Gasteiger partial charge in [0, 0.05) is 6.20 Å². The first-order valence-corrected chi connectivity index (χ1v) is 7.59. The van der Waals surface area contributed by atoms with Crippen LogP contribution < -0.4 is 0 Å². The zero-order valence-electron chi connectivity index (χ0n) is 13.0. The zero-order valence-corrected chi connectivity index (χ0v) is 13.0. The summed E-state index contributed by atoms with van der Waals surface area (Å²) in [4.78, 5) is 4.49. The number of phenolic OH excluding ortho intramolecular Hbond substituents is 1. The molecule has 0 saturated heterocycles. The molecule has 0 bridgehead atoms. The summed E-state index contributed by atoms with van der Waals surface area (Å²) in [5.41, 5.74) is 3.31. The second-order valence-corrected chi connectivity index (χ2v) is 4.69. The molecule has 1 unspecified atom stereocenters. The Labute approximate surface area is 132 Å². The lowest BCUT2D eigenvalue weighted by molar-refractivity contribution is 0.475. The molecule has 112 valence electrons. The van der Waals surface area contributed by atoms with Gasteiger partial charge in [-0.1, -0.05) is 62.4 Å². The maximum Gasteiger partial charge on any atom is 0.115 e. The molecule has 3 rings (SSSR count). The van der Waals surface area contributed by atoms with Gasteiger partial charge in [0.05, 0.1) is 11.6 Å². The SMILES string of the molecule is CC.Oc1ccc(C(c2ccccc2)c2ccccn2)cc1. The second-order valence-electron chi connectivity index (χ2n) is 4.69. The summed E-state index contributed by atoms with van der Waals surface area (Å²) in [6.07, 6.45) is 1.81. The van der Waals surface area contributed by atoms with Crippen LogP contribution in [0.1, 0.15) is 36.6 Å². The Kier molecular flexibility index (Phi) is 5.73. The summed E-state index contributed by atoms with van der Waals surface area (Å²) in [5, 5.41) is 9.46. The van der Waals surface area contributed by atoms with Gasteiger partial charge in [-0.05, 0) is 35.4 Å². The summed E-state index contributed by atoms with van der Waals surface area (Å²) in [5.74, 6) is 0.361. The predicted octanol–water partition coefficient (Wildman–Crippen LogP) is 4.99. The number of phenols is 1. The Hall–Kier alpha value is -2.61. The molecule has 0 aliphatic carbocycles. The van der Waals surface area contributed by atoms with E-state index >= 15 is 0 Å². The summed E-state index contributed by atoms with van der Waals surface area (Å²) >= 11 is 0. The minimum absolute atomic E-state index is 0.0815. The topological polar surface area (TPSA) is 33.1 Å². The van der Waals surface area contributed by atoms with E-state index in [0.29, 0.717) is 0 Å². The summed E-state index contributed by atoms with van der Waals surface area (Å²) < 4.78 is 0. The van der Waals surface area contributed by atoms with Crippen molar-refractivity contribution in [1.29, 1.82) is 0 Å². The highest BCUT2D eigenvalue weighted by molar-refractivity contribution is 5.41. The van der Waals surface area contributed by atoms with Gasteiger partial charge in [-0.2, -0.15) is 0 Å². The highest BCUT2D eigenvalue weighted by atomic mass is 16.3. The Morgan fingerprint density at radius 2 is 1.32 bits per heavy atom. The van der Waals surface area contributed by atoms with Crippen molar-refractivity contribution in [2.75, 3.05) is 0 Å². The predicted molar refractivity (Wildman–Crippen MR) is 91.1 cm³/mol. The monoisotopic (exact) mass is 291 g/mol. The van der Waals surface area contributed by atoms with Crippen molar-refractivity contribution in [3.63, 3.8) is 0 Å². The van der Waals surface area contributed by atoms with Crippen LogP contribution in [0.5, 0.6) is 5.75 Å². The summed E-state index contributed by atoms with van der Waals surface area (Å²) in [6.45, 7) is 4.00. The van der Waals surface area contributed by atoms with Crippen molar-refractivity contribution in [3.8, 4) is 5.75 Å². The number of hydrogen-bond donors (Lipinski definition) is 1. The fourth-order valence-corrected chi connectivity index (χ4v) is 2.39. The average molecular weight is 291 g/mol. The maximum absolute atomic E-state index is 9.46. The van der Waals surface area contributed by atoms with Crippen LogP contribution in [0.25, 0.3) is 0 Å². The van der Waals surface area contributed by atoms with Gasteiger partial charge < -0.3 is 5.11 Å². The lowest BCUT2D eigenvalue weighted by Crippen LogP contribution is -2.04. The molecule has 3 aromatic rings. The third-order valence-corrected chi connectivity index (χ3v) is 3.34. The molecular weight excluding hydrogens is 270 g/mol. The molecule has 1 heterocycles. The Morgan fingerprint density at radius 1 is 0.727 bits per heavy atom. The smallest absolute Gasteiger partial charge is 0.115 e. The minimum Gasteiger partial charge on any atom is -0.508 e. The average Bonchev–Trinajstić information content (AvgIpc) is 2.61. The number of rotatable bonds is 3. The molecule has 1 atom stereocenters. The first-order valence-electron chi connectivity index (χ1n) is 7.59. The number of pyridine rings is 1. The molecule has 22 heavy (non-hydrogen) atoms. The van der Waals surface area contributed by atoms with Gasteiger partial charge in [0.1, 0.15) is 5.75 Å². The lowest BCUT2D eigenvalue weighted by atomic mass is 9.88. The Morgan fingerprint density at radius 3 is 1.91 bits per heavy atom. The van der Waals surface area contributed by atoms with E-state index in [9.17, 15) is 5.11 Å². The molecular formula is C20H21NO. The third-order valence-electron chi connectivity index (χ3n) is 3.34. The highest BCUT2D eigenvalue weighted by Crippen LogP contribution is 2.31. The van der Waals surface area contributed by atoms with Crippen molar-refractivity contribution < 1.29 is 5.11 Å². The van der Waals surface area contributed by atoms with Crippen LogP contribution in [0, 0.1) is 0 Å². The number of hydrogen-bond acceptors (Lipinski definition) is 2. The number of nitrogens with zero attached hydrogens (tertiary/aromatic N) is 1. The van der Waals surface area contributed by atoms with Crippen molar-refractivity contribution in [2.45, 2.75) is 19.8 Å². The van der Waals surface area contributed by atoms with Gasteiger partial charge >= 0.3 is 0 Å². The van der Waals surface area contributed by atoms with E-state index in [1.54, 1.807) is 12.1 Å². The fourth-order valence-electron chi connectivity index (χ4n) is 2.39. The van der Waals surface area contributed by atoms with Crippen LogP contribution in [0.4, 0.5) is 0 Å². The normalized spacial score (nSPS) is 11.2. The van der Waals surface area contributed by atoms with Crippen LogP contribution in [0.15, 0.2) is 79.0 Å². The van der Waals surface area contributed by atoms with Crippen LogP contribution >= 0.6 is 0 Å². The quantitative estimate of drug-likeness (QED) is 0.737.